The Hall–Kier alpha value is -1.03. The van der Waals surface area contributed by atoms with E-state index in [1.807, 2.05) is 29.1 Å². The second-order valence-electron chi connectivity index (χ2n) is 4.67. The molecule has 3 nitrogen and oxygen atoms in total. The lowest BCUT2D eigenvalue weighted by Gasteiger charge is -2.20. The number of hydrogen-bond donors (Lipinski definition) is 1. The Morgan fingerprint density at radius 2 is 1.90 bits per heavy atom. The molecule has 0 aliphatic heterocycles. The second kappa shape index (κ2) is 7.11. The van der Waals surface area contributed by atoms with Gasteiger partial charge in [-0.2, -0.15) is 5.10 Å². The van der Waals surface area contributed by atoms with Crippen molar-refractivity contribution in [3.63, 3.8) is 0 Å². The van der Waals surface area contributed by atoms with Gasteiger partial charge in [0.05, 0.1) is 11.7 Å². The summed E-state index contributed by atoms with van der Waals surface area (Å²) in [5, 5.41) is 9.17. The average molecular weight is 312 g/mol. The van der Waals surface area contributed by atoms with Gasteiger partial charge in [-0.1, -0.05) is 37.0 Å². The van der Waals surface area contributed by atoms with Gasteiger partial charge in [0.15, 0.2) is 0 Å². The van der Waals surface area contributed by atoms with Crippen molar-refractivity contribution in [3.8, 4) is 0 Å². The molecular formula is C15H19Cl2N3. The van der Waals surface area contributed by atoms with Crippen molar-refractivity contribution in [2.24, 2.45) is 0 Å². The Balaban J connectivity index is 2.41. The number of aromatic nitrogens is 2. The van der Waals surface area contributed by atoms with Gasteiger partial charge in [0.2, 0.25) is 0 Å². The SMILES string of the molecule is CCCn1nccc1C(NCC)c1cc(Cl)cc(Cl)c1. The van der Waals surface area contributed by atoms with Crippen LogP contribution in [-0.4, -0.2) is 16.3 Å². The molecular weight excluding hydrogens is 293 g/mol. The molecule has 1 aromatic carbocycles. The monoisotopic (exact) mass is 311 g/mol. The van der Waals surface area contributed by atoms with Gasteiger partial charge in [-0.15, -0.1) is 0 Å². The van der Waals surface area contributed by atoms with Gasteiger partial charge in [-0.3, -0.25) is 4.68 Å². The minimum atomic E-state index is 0.0465. The van der Waals surface area contributed by atoms with Gasteiger partial charge < -0.3 is 5.32 Å². The van der Waals surface area contributed by atoms with E-state index in [-0.39, 0.29) is 6.04 Å². The van der Waals surface area contributed by atoms with Gasteiger partial charge in [0.25, 0.3) is 0 Å². The Morgan fingerprint density at radius 1 is 1.20 bits per heavy atom. The minimum Gasteiger partial charge on any atom is -0.305 e. The van der Waals surface area contributed by atoms with Crippen LogP contribution in [0, 0.1) is 0 Å². The quantitative estimate of drug-likeness (QED) is 0.862. The number of aryl methyl sites for hydroxylation is 1. The highest BCUT2D eigenvalue weighted by atomic mass is 35.5. The van der Waals surface area contributed by atoms with Crippen LogP contribution < -0.4 is 5.32 Å². The summed E-state index contributed by atoms with van der Waals surface area (Å²) < 4.78 is 2.03. The summed E-state index contributed by atoms with van der Waals surface area (Å²) in [7, 11) is 0. The Kier molecular flexibility index (Phi) is 5.46. The molecule has 2 aromatic rings. The lowest BCUT2D eigenvalue weighted by molar-refractivity contribution is 0.520. The van der Waals surface area contributed by atoms with Gasteiger partial charge >= 0.3 is 0 Å². The van der Waals surface area contributed by atoms with Crippen molar-refractivity contribution in [2.75, 3.05) is 6.54 Å². The van der Waals surface area contributed by atoms with Crippen molar-refractivity contribution >= 4 is 23.2 Å². The molecule has 0 fully saturated rings. The molecule has 2 rings (SSSR count). The summed E-state index contributed by atoms with van der Waals surface area (Å²) in [6.07, 6.45) is 2.88. The molecule has 1 atom stereocenters. The molecule has 1 N–H and O–H groups in total. The van der Waals surface area contributed by atoms with Crippen LogP contribution in [0.4, 0.5) is 0 Å². The minimum absolute atomic E-state index is 0.0465. The van der Waals surface area contributed by atoms with Gasteiger partial charge in [0, 0.05) is 22.8 Å². The van der Waals surface area contributed by atoms with Crippen LogP contribution >= 0.6 is 23.2 Å². The number of hydrogen-bond acceptors (Lipinski definition) is 2. The van der Waals surface area contributed by atoms with Crippen LogP contribution in [0.25, 0.3) is 0 Å². The van der Waals surface area contributed by atoms with Crippen LogP contribution in [-0.2, 0) is 6.54 Å². The van der Waals surface area contributed by atoms with E-state index in [9.17, 15) is 0 Å². The molecule has 1 heterocycles. The van der Waals surface area contributed by atoms with Gasteiger partial charge in [-0.05, 0) is 42.8 Å². The summed E-state index contributed by atoms with van der Waals surface area (Å²) in [4.78, 5) is 0. The van der Waals surface area contributed by atoms with Crippen LogP contribution in [0.3, 0.4) is 0 Å². The van der Waals surface area contributed by atoms with Crippen LogP contribution in [0.1, 0.15) is 37.6 Å². The summed E-state index contributed by atoms with van der Waals surface area (Å²) in [5.41, 5.74) is 2.19. The largest absolute Gasteiger partial charge is 0.305 e. The second-order valence-corrected chi connectivity index (χ2v) is 5.55. The van der Waals surface area contributed by atoms with Gasteiger partial charge in [0.1, 0.15) is 0 Å². The van der Waals surface area contributed by atoms with Crippen molar-refractivity contribution in [2.45, 2.75) is 32.9 Å². The maximum absolute atomic E-state index is 6.12. The van der Waals surface area contributed by atoms with E-state index in [0.717, 1.165) is 30.8 Å². The van der Waals surface area contributed by atoms with Crippen LogP contribution in [0.15, 0.2) is 30.5 Å². The van der Waals surface area contributed by atoms with Crippen molar-refractivity contribution in [1.82, 2.24) is 15.1 Å². The van der Waals surface area contributed by atoms with Crippen LogP contribution in [0.2, 0.25) is 10.0 Å². The molecule has 0 aliphatic carbocycles. The van der Waals surface area contributed by atoms with E-state index < -0.39 is 0 Å². The third-order valence-corrected chi connectivity index (χ3v) is 3.54. The first-order valence-electron chi connectivity index (χ1n) is 6.86. The maximum Gasteiger partial charge on any atom is 0.0749 e. The summed E-state index contributed by atoms with van der Waals surface area (Å²) in [5.74, 6) is 0. The molecule has 0 saturated heterocycles. The van der Waals surface area contributed by atoms with Crippen molar-refractivity contribution < 1.29 is 0 Å². The molecule has 108 valence electrons. The molecule has 5 heteroatoms. The highest BCUT2D eigenvalue weighted by Gasteiger charge is 2.18. The maximum atomic E-state index is 6.12. The molecule has 0 aliphatic rings. The predicted molar refractivity (Wildman–Crippen MR) is 84.5 cm³/mol. The lowest BCUT2D eigenvalue weighted by Crippen LogP contribution is -2.25. The molecule has 1 unspecified atom stereocenters. The molecule has 0 radical (unpaired) electrons. The standard InChI is InChI=1S/C15H19Cl2N3/c1-3-7-20-14(5-6-19-20)15(18-4-2)11-8-12(16)10-13(17)9-11/h5-6,8-10,15,18H,3-4,7H2,1-2H3. The average Bonchev–Trinajstić information content (AvgIpc) is 2.83. The molecule has 0 bridgehead atoms. The smallest absolute Gasteiger partial charge is 0.0749 e. The van der Waals surface area contributed by atoms with E-state index in [1.54, 1.807) is 6.07 Å². The fourth-order valence-electron chi connectivity index (χ4n) is 2.33. The highest BCUT2D eigenvalue weighted by Crippen LogP contribution is 2.27. The zero-order chi connectivity index (χ0) is 14.5. The van der Waals surface area contributed by atoms with E-state index in [0.29, 0.717) is 10.0 Å². The molecule has 1 aromatic heterocycles. The zero-order valence-electron chi connectivity index (χ0n) is 11.7. The highest BCUT2D eigenvalue weighted by molar-refractivity contribution is 6.34. The number of nitrogens with zero attached hydrogens (tertiary/aromatic N) is 2. The Labute approximate surface area is 129 Å². The first-order valence-corrected chi connectivity index (χ1v) is 7.62. The van der Waals surface area contributed by atoms with E-state index in [2.05, 4.69) is 24.3 Å². The number of rotatable bonds is 6. The Morgan fingerprint density at radius 3 is 2.50 bits per heavy atom. The van der Waals surface area contributed by atoms with Crippen LogP contribution in [0.5, 0.6) is 0 Å². The number of benzene rings is 1. The third kappa shape index (κ3) is 3.54. The third-order valence-electron chi connectivity index (χ3n) is 3.11. The van der Waals surface area contributed by atoms with E-state index in [4.69, 9.17) is 23.2 Å². The fourth-order valence-corrected chi connectivity index (χ4v) is 2.87. The topological polar surface area (TPSA) is 29.9 Å². The number of nitrogens with one attached hydrogen (secondary N) is 1. The first kappa shape index (κ1) is 15.4. The van der Waals surface area contributed by atoms with E-state index >= 15 is 0 Å². The summed E-state index contributed by atoms with van der Waals surface area (Å²) in [6.45, 7) is 5.98. The van der Waals surface area contributed by atoms with Gasteiger partial charge in [-0.25, -0.2) is 0 Å². The predicted octanol–water partition coefficient (Wildman–Crippen LogP) is 4.30. The zero-order valence-corrected chi connectivity index (χ0v) is 13.2. The molecule has 20 heavy (non-hydrogen) atoms. The molecule has 0 spiro atoms. The molecule has 0 amide bonds. The summed E-state index contributed by atoms with van der Waals surface area (Å²) in [6, 6.07) is 7.73. The Bertz CT molecular complexity index is 546. The number of halogens is 2. The van der Waals surface area contributed by atoms with E-state index in [1.165, 1.54) is 0 Å². The first-order chi connectivity index (χ1) is 9.65. The molecule has 0 saturated carbocycles. The normalized spacial score (nSPS) is 12.6. The van der Waals surface area contributed by atoms with Crippen molar-refractivity contribution in [1.29, 1.82) is 0 Å². The lowest BCUT2D eigenvalue weighted by atomic mass is 10.0. The fraction of sp³-hybridized carbons (Fsp3) is 0.400. The van der Waals surface area contributed by atoms with Crippen molar-refractivity contribution in [3.05, 3.63) is 51.8 Å². The summed E-state index contributed by atoms with van der Waals surface area (Å²) >= 11 is 12.2.